The normalized spacial score (nSPS) is 42.3. The van der Waals surface area contributed by atoms with Crippen molar-refractivity contribution in [2.24, 2.45) is 23.2 Å². The van der Waals surface area contributed by atoms with Crippen LogP contribution in [0.2, 0.25) is 0 Å². The zero-order valence-electron chi connectivity index (χ0n) is 19.1. The first-order valence-electron chi connectivity index (χ1n) is 12.5. The van der Waals surface area contributed by atoms with E-state index in [4.69, 9.17) is 9.47 Å². The first-order chi connectivity index (χ1) is 15.0. The lowest BCUT2D eigenvalue weighted by Crippen LogP contribution is -3.15. The number of piperazine rings is 1. The molecule has 6 atom stereocenters. The van der Waals surface area contributed by atoms with Gasteiger partial charge in [0.25, 0.3) is 0 Å². The van der Waals surface area contributed by atoms with Gasteiger partial charge in [0, 0.05) is 11.6 Å². The van der Waals surface area contributed by atoms with E-state index < -0.39 is 0 Å². The molecule has 31 heavy (non-hydrogen) atoms. The fourth-order valence-electron chi connectivity index (χ4n) is 7.61. The summed E-state index contributed by atoms with van der Waals surface area (Å²) in [4.78, 5) is 17.0. The summed E-state index contributed by atoms with van der Waals surface area (Å²) in [7, 11) is 0. The standard InChI is InChI=1S/C26H36N2O3/c1-18-5-3-6-19(13-18)28-11-9-27(10-12-28)16-21-20-14-23-25(2,15-22(20)31-24(21)29)7-4-8-26(23)17-30-26/h3,5-6,13,20-23H,4,7-12,14-17H2,1-2H3/p+1/t20-,21-,22-,23-,25-,26-/m1/s1. The maximum atomic E-state index is 12.9. The van der Waals surface area contributed by atoms with Gasteiger partial charge in [-0.05, 0) is 68.1 Å². The van der Waals surface area contributed by atoms with E-state index in [1.807, 2.05) is 0 Å². The molecule has 2 saturated carbocycles. The molecule has 5 fully saturated rings. The monoisotopic (exact) mass is 425 g/mol. The zero-order chi connectivity index (χ0) is 21.2. The number of hydrogen-bond donors (Lipinski definition) is 1. The zero-order valence-corrected chi connectivity index (χ0v) is 19.1. The van der Waals surface area contributed by atoms with Crippen molar-refractivity contribution in [3.63, 3.8) is 0 Å². The molecule has 5 heteroatoms. The predicted molar refractivity (Wildman–Crippen MR) is 119 cm³/mol. The second-order valence-electron chi connectivity index (χ2n) is 11.4. The van der Waals surface area contributed by atoms with Crippen LogP contribution in [0.5, 0.6) is 0 Å². The first kappa shape index (κ1) is 20.0. The third kappa shape index (κ3) is 3.39. The van der Waals surface area contributed by atoms with Crippen molar-refractivity contribution in [2.45, 2.75) is 57.7 Å². The average Bonchev–Trinajstić information content (AvgIpc) is 3.45. The summed E-state index contributed by atoms with van der Waals surface area (Å²) in [6, 6.07) is 8.81. The van der Waals surface area contributed by atoms with E-state index in [0.717, 1.165) is 52.2 Å². The fraction of sp³-hybridized carbons (Fsp3) is 0.731. The van der Waals surface area contributed by atoms with E-state index in [-0.39, 0.29) is 29.0 Å². The number of benzene rings is 1. The summed E-state index contributed by atoms with van der Waals surface area (Å²) in [5.74, 6) is 1.16. The van der Waals surface area contributed by atoms with Gasteiger partial charge in [0.1, 0.15) is 12.0 Å². The minimum atomic E-state index is 0.0767. The molecule has 2 aliphatic carbocycles. The summed E-state index contributed by atoms with van der Waals surface area (Å²) < 4.78 is 12.1. The molecule has 1 N–H and O–H groups in total. The number of rotatable bonds is 3. The summed E-state index contributed by atoms with van der Waals surface area (Å²) in [5.41, 5.74) is 3.08. The van der Waals surface area contributed by atoms with Crippen LogP contribution in [0.25, 0.3) is 0 Å². The van der Waals surface area contributed by atoms with Crippen LogP contribution >= 0.6 is 0 Å². The number of fused-ring (bicyclic) bond motifs is 3. The van der Waals surface area contributed by atoms with Gasteiger partial charge in [-0.1, -0.05) is 19.1 Å². The molecule has 0 radical (unpaired) electrons. The Morgan fingerprint density at radius 1 is 1.23 bits per heavy atom. The Labute approximate surface area is 186 Å². The Morgan fingerprint density at radius 2 is 2.03 bits per heavy atom. The Kier molecular flexibility index (Phi) is 4.66. The highest BCUT2D eigenvalue weighted by Crippen LogP contribution is 2.62. The largest absolute Gasteiger partial charge is 0.462 e. The molecule has 5 aliphatic rings. The second-order valence-corrected chi connectivity index (χ2v) is 11.4. The minimum absolute atomic E-state index is 0.0767. The number of anilines is 1. The number of hydrogen-bond acceptors (Lipinski definition) is 4. The molecule has 1 aromatic rings. The molecule has 3 aliphatic heterocycles. The van der Waals surface area contributed by atoms with Crippen molar-refractivity contribution in [1.29, 1.82) is 0 Å². The number of ether oxygens (including phenoxy) is 2. The highest BCUT2D eigenvalue weighted by Gasteiger charge is 2.65. The van der Waals surface area contributed by atoms with Crippen molar-refractivity contribution < 1.29 is 19.2 Å². The van der Waals surface area contributed by atoms with Crippen molar-refractivity contribution in [3.05, 3.63) is 29.8 Å². The van der Waals surface area contributed by atoms with Crippen LogP contribution < -0.4 is 9.80 Å². The number of nitrogens with one attached hydrogen (secondary N) is 1. The number of esters is 1. The van der Waals surface area contributed by atoms with E-state index in [2.05, 4.69) is 43.0 Å². The maximum absolute atomic E-state index is 12.9. The summed E-state index contributed by atoms with van der Waals surface area (Å²) in [6.45, 7) is 10.8. The lowest BCUT2D eigenvalue weighted by atomic mass is 9.53. The molecule has 168 valence electrons. The van der Waals surface area contributed by atoms with Crippen molar-refractivity contribution in [1.82, 2.24) is 0 Å². The van der Waals surface area contributed by atoms with Crippen molar-refractivity contribution in [2.75, 3.05) is 44.2 Å². The van der Waals surface area contributed by atoms with Gasteiger partial charge in [-0.15, -0.1) is 0 Å². The highest BCUT2D eigenvalue weighted by molar-refractivity contribution is 5.75. The fourth-order valence-corrected chi connectivity index (χ4v) is 7.61. The molecule has 0 unspecified atom stereocenters. The molecular weight excluding hydrogens is 388 g/mol. The molecule has 3 heterocycles. The molecule has 5 nitrogen and oxygen atoms in total. The average molecular weight is 426 g/mol. The van der Waals surface area contributed by atoms with Gasteiger partial charge < -0.3 is 19.3 Å². The summed E-state index contributed by atoms with van der Waals surface area (Å²) in [6.07, 6.45) is 6.06. The number of quaternary nitrogens is 1. The molecule has 0 aromatic heterocycles. The molecule has 1 spiro atoms. The summed E-state index contributed by atoms with van der Waals surface area (Å²) in [5, 5.41) is 0. The van der Waals surface area contributed by atoms with Crippen molar-refractivity contribution >= 4 is 11.7 Å². The van der Waals surface area contributed by atoms with Gasteiger partial charge in [0.05, 0.1) is 44.9 Å². The number of epoxide rings is 1. The predicted octanol–water partition coefficient (Wildman–Crippen LogP) is 2.23. The van der Waals surface area contributed by atoms with Crippen LogP contribution in [0.3, 0.4) is 0 Å². The smallest absolute Gasteiger partial charge is 0.315 e. The Hall–Kier alpha value is -1.59. The lowest BCUT2D eigenvalue weighted by Gasteiger charge is -2.51. The van der Waals surface area contributed by atoms with Crippen LogP contribution in [-0.4, -0.2) is 57.0 Å². The molecule has 3 saturated heterocycles. The number of nitrogens with zero attached hydrogens (tertiary/aromatic N) is 1. The highest BCUT2D eigenvalue weighted by atomic mass is 16.6. The van der Waals surface area contributed by atoms with E-state index in [0.29, 0.717) is 11.8 Å². The van der Waals surface area contributed by atoms with Gasteiger partial charge in [-0.25, -0.2) is 0 Å². The van der Waals surface area contributed by atoms with Gasteiger partial charge in [-0.3, -0.25) is 4.79 Å². The minimum Gasteiger partial charge on any atom is -0.462 e. The quantitative estimate of drug-likeness (QED) is 0.596. The topological polar surface area (TPSA) is 46.5 Å². The first-order valence-corrected chi connectivity index (χ1v) is 12.5. The number of carbonyl (C=O) groups is 1. The SMILES string of the molecule is Cc1cccc(N2CC[NH+](C[C@H]3C(=O)O[C@@H]4C[C@@]5(C)CCC[C@@]6(CO6)[C@@H]5C[C@@H]43)CC2)c1. The number of aryl methyl sites for hydroxylation is 1. The van der Waals surface area contributed by atoms with E-state index in [1.165, 1.54) is 30.5 Å². The number of carbonyl (C=O) groups excluding carboxylic acids is 1. The van der Waals surface area contributed by atoms with Gasteiger partial charge >= 0.3 is 5.97 Å². The van der Waals surface area contributed by atoms with Crippen LogP contribution in [0.1, 0.15) is 44.6 Å². The maximum Gasteiger partial charge on any atom is 0.315 e. The lowest BCUT2D eigenvalue weighted by molar-refractivity contribution is -0.903. The van der Waals surface area contributed by atoms with Crippen LogP contribution in [0.4, 0.5) is 5.69 Å². The molecule has 0 amide bonds. The van der Waals surface area contributed by atoms with Gasteiger partial charge in [0.15, 0.2) is 0 Å². The Morgan fingerprint density at radius 3 is 2.77 bits per heavy atom. The molecule has 1 aromatic carbocycles. The van der Waals surface area contributed by atoms with E-state index in [1.54, 1.807) is 4.90 Å². The molecule has 0 bridgehead atoms. The molecule has 6 rings (SSSR count). The Balaban J connectivity index is 1.12. The molecular formula is C26H37N2O3+. The third-order valence-electron chi connectivity index (χ3n) is 9.43. The Bertz CT molecular complexity index is 860. The van der Waals surface area contributed by atoms with Gasteiger partial charge in [-0.2, -0.15) is 0 Å². The van der Waals surface area contributed by atoms with Crippen LogP contribution in [0.15, 0.2) is 24.3 Å². The third-order valence-corrected chi connectivity index (χ3v) is 9.43. The van der Waals surface area contributed by atoms with Crippen LogP contribution in [-0.2, 0) is 14.3 Å². The van der Waals surface area contributed by atoms with Crippen LogP contribution in [0, 0.1) is 30.1 Å². The second kappa shape index (κ2) is 7.21. The van der Waals surface area contributed by atoms with Crippen molar-refractivity contribution in [3.8, 4) is 0 Å². The summed E-state index contributed by atoms with van der Waals surface area (Å²) >= 11 is 0. The van der Waals surface area contributed by atoms with Gasteiger partial charge in [0.2, 0.25) is 0 Å². The van der Waals surface area contributed by atoms with E-state index >= 15 is 0 Å². The van der Waals surface area contributed by atoms with E-state index in [9.17, 15) is 4.79 Å².